The summed E-state index contributed by atoms with van der Waals surface area (Å²) in [6.07, 6.45) is 2.09. The zero-order valence-corrected chi connectivity index (χ0v) is 12.7. The van der Waals surface area contributed by atoms with E-state index >= 15 is 0 Å². The monoisotopic (exact) mass is 311 g/mol. The van der Waals surface area contributed by atoms with Crippen LogP contribution in [-0.2, 0) is 11.3 Å². The molecule has 2 aromatic carbocycles. The van der Waals surface area contributed by atoms with Crippen molar-refractivity contribution in [1.82, 2.24) is 4.90 Å². The number of amides is 1. The molecule has 23 heavy (non-hydrogen) atoms. The third-order valence-corrected chi connectivity index (χ3v) is 4.53. The molecule has 1 unspecified atom stereocenters. The summed E-state index contributed by atoms with van der Waals surface area (Å²) in [4.78, 5) is 15.0. The molecule has 4 rings (SSSR count). The molecule has 0 aromatic heterocycles. The highest BCUT2D eigenvalue weighted by Gasteiger charge is 2.39. The Morgan fingerprint density at radius 2 is 1.87 bits per heavy atom. The van der Waals surface area contributed by atoms with Crippen molar-refractivity contribution in [3.05, 3.63) is 65.5 Å². The Morgan fingerprint density at radius 1 is 1.13 bits per heavy atom. The number of halogens is 1. The van der Waals surface area contributed by atoms with Gasteiger partial charge in [0.15, 0.2) is 0 Å². The van der Waals surface area contributed by atoms with Gasteiger partial charge in [-0.1, -0.05) is 30.3 Å². The van der Waals surface area contributed by atoms with E-state index in [0.29, 0.717) is 19.2 Å². The van der Waals surface area contributed by atoms with Gasteiger partial charge in [0.05, 0.1) is 0 Å². The number of benzene rings is 2. The van der Waals surface area contributed by atoms with Crippen molar-refractivity contribution in [2.75, 3.05) is 6.61 Å². The van der Waals surface area contributed by atoms with E-state index in [1.165, 1.54) is 12.1 Å². The number of hydrogen-bond donors (Lipinski definition) is 0. The van der Waals surface area contributed by atoms with Crippen LogP contribution in [0.25, 0.3) is 0 Å². The number of rotatable bonds is 4. The summed E-state index contributed by atoms with van der Waals surface area (Å²) < 4.78 is 18.7. The molecule has 1 aliphatic heterocycles. The minimum absolute atomic E-state index is 0.113. The van der Waals surface area contributed by atoms with Gasteiger partial charge in [-0.3, -0.25) is 4.79 Å². The van der Waals surface area contributed by atoms with E-state index in [2.05, 4.69) is 0 Å². The van der Waals surface area contributed by atoms with Gasteiger partial charge < -0.3 is 9.64 Å². The smallest absolute Gasteiger partial charge is 0.234 e. The van der Waals surface area contributed by atoms with Gasteiger partial charge in [-0.15, -0.1) is 0 Å². The first-order chi connectivity index (χ1) is 11.2. The molecule has 118 valence electrons. The maximum absolute atomic E-state index is 13.1. The van der Waals surface area contributed by atoms with Crippen LogP contribution in [0.2, 0.25) is 0 Å². The maximum Gasteiger partial charge on any atom is 0.234 e. The highest BCUT2D eigenvalue weighted by Crippen LogP contribution is 2.38. The molecule has 1 fully saturated rings. The Hall–Kier alpha value is -2.36. The van der Waals surface area contributed by atoms with E-state index in [1.54, 1.807) is 12.1 Å². The molecule has 0 radical (unpaired) electrons. The standard InChI is InChI=1S/C19H18FNO2/c20-14-7-5-13(6-8-14)11-21(15-9-10-15)19(22)17-12-23-18-4-2-1-3-16(17)18/h1-8,15,17H,9-12H2. The van der Waals surface area contributed by atoms with Crippen LogP contribution in [0.4, 0.5) is 4.39 Å². The summed E-state index contributed by atoms with van der Waals surface area (Å²) in [5.41, 5.74) is 1.93. The van der Waals surface area contributed by atoms with E-state index in [-0.39, 0.29) is 17.6 Å². The fraction of sp³-hybridized carbons (Fsp3) is 0.316. The molecule has 0 bridgehead atoms. The lowest BCUT2D eigenvalue weighted by atomic mass is 9.99. The summed E-state index contributed by atoms with van der Waals surface area (Å²) in [6, 6.07) is 14.4. The summed E-state index contributed by atoms with van der Waals surface area (Å²) >= 11 is 0. The van der Waals surface area contributed by atoms with E-state index in [4.69, 9.17) is 4.74 Å². The van der Waals surface area contributed by atoms with Crippen molar-refractivity contribution in [3.8, 4) is 5.75 Å². The Labute approximate surface area is 134 Å². The summed E-state index contributed by atoms with van der Waals surface area (Å²) in [5.74, 6) is 0.438. The highest BCUT2D eigenvalue weighted by atomic mass is 19.1. The molecule has 1 amide bonds. The molecule has 1 saturated carbocycles. The van der Waals surface area contributed by atoms with Gasteiger partial charge in [0, 0.05) is 18.2 Å². The Kier molecular flexibility index (Phi) is 3.52. The average molecular weight is 311 g/mol. The molecule has 2 aliphatic rings. The number of carbonyl (C=O) groups excluding carboxylic acids is 1. The molecule has 0 spiro atoms. The zero-order chi connectivity index (χ0) is 15.8. The largest absolute Gasteiger partial charge is 0.492 e. The molecule has 1 atom stereocenters. The van der Waals surface area contributed by atoms with E-state index in [1.807, 2.05) is 29.2 Å². The van der Waals surface area contributed by atoms with Crippen molar-refractivity contribution in [3.63, 3.8) is 0 Å². The Balaban J connectivity index is 1.56. The number of fused-ring (bicyclic) bond motifs is 1. The maximum atomic E-state index is 13.1. The van der Waals surface area contributed by atoms with Gasteiger partial charge in [-0.2, -0.15) is 0 Å². The van der Waals surface area contributed by atoms with E-state index in [0.717, 1.165) is 29.7 Å². The van der Waals surface area contributed by atoms with Crippen LogP contribution >= 0.6 is 0 Å². The van der Waals surface area contributed by atoms with Crippen LogP contribution in [-0.4, -0.2) is 23.5 Å². The molecule has 1 heterocycles. The summed E-state index contributed by atoms with van der Waals surface area (Å²) in [5, 5.41) is 0. The zero-order valence-electron chi connectivity index (χ0n) is 12.7. The Bertz CT molecular complexity index is 724. The lowest BCUT2D eigenvalue weighted by molar-refractivity contribution is -0.134. The minimum Gasteiger partial charge on any atom is -0.492 e. The van der Waals surface area contributed by atoms with Crippen LogP contribution in [0.1, 0.15) is 29.9 Å². The first kappa shape index (κ1) is 14.2. The predicted molar refractivity (Wildman–Crippen MR) is 84.7 cm³/mol. The number of ether oxygens (including phenoxy) is 1. The highest BCUT2D eigenvalue weighted by molar-refractivity contribution is 5.86. The van der Waals surface area contributed by atoms with E-state index < -0.39 is 0 Å². The number of para-hydroxylation sites is 1. The van der Waals surface area contributed by atoms with Gasteiger partial charge in [0.25, 0.3) is 0 Å². The lowest BCUT2D eigenvalue weighted by Gasteiger charge is -2.25. The number of hydrogen-bond acceptors (Lipinski definition) is 2. The van der Waals surface area contributed by atoms with Crippen LogP contribution in [0, 0.1) is 5.82 Å². The van der Waals surface area contributed by atoms with Crippen LogP contribution in [0.15, 0.2) is 48.5 Å². The van der Waals surface area contributed by atoms with Gasteiger partial charge in [0.1, 0.15) is 24.1 Å². The molecule has 1 aliphatic carbocycles. The molecule has 0 N–H and O–H groups in total. The fourth-order valence-corrected chi connectivity index (χ4v) is 3.13. The van der Waals surface area contributed by atoms with Crippen LogP contribution < -0.4 is 4.74 Å². The van der Waals surface area contributed by atoms with Crippen LogP contribution in [0.3, 0.4) is 0 Å². The van der Waals surface area contributed by atoms with Crippen molar-refractivity contribution in [2.45, 2.75) is 31.3 Å². The molecule has 4 heteroatoms. The first-order valence-electron chi connectivity index (χ1n) is 7.99. The van der Waals surface area contributed by atoms with Crippen LogP contribution in [0.5, 0.6) is 5.75 Å². The number of nitrogens with zero attached hydrogens (tertiary/aromatic N) is 1. The van der Waals surface area contributed by atoms with Gasteiger partial charge >= 0.3 is 0 Å². The lowest BCUT2D eigenvalue weighted by Crippen LogP contribution is -2.37. The molecule has 2 aromatic rings. The quantitative estimate of drug-likeness (QED) is 0.865. The fourth-order valence-electron chi connectivity index (χ4n) is 3.13. The van der Waals surface area contributed by atoms with Gasteiger partial charge in [-0.05, 0) is 36.6 Å². The SMILES string of the molecule is O=C(C1COc2ccccc21)N(Cc1ccc(F)cc1)C1CC1. The van der Waals surface area contributed by atoms with E-state index in [9.17, 15) is 9.18 Å². The third kappa shape index (κ3) is 2.81. The third-order valence-electron chi connectivity index (χ3n) is 4.53. The van der Waals surface area contributed by atoms with Crippen molar-refractivity contribution < 1.29 is 13.9 Å². The average Bonchev–Trinajstić information content (AvgIpc) is 3.32. The second-order valence-corrected chi connectivity index (χ2v) is 6.23. The molecular formula is C19H18FNO2. The van der Waals surface area contributed by atoms with Crippen molar-refractivity contribution >= 4 is 5.91 Å². The molecular weight excluding hydrogens is 293 g/mol. The summed E-state index contributed by atoms with van der Waals surface area (Å²) in [6.45, 7) is 0.938. The normalized spacial score (nSPS) is 19.1. The first-order valence-corrected chi connectivity index (χ1v) is 7.99. The van der Waals surface area contributed by atoms with Crippen molar-refractivity contribution in [2.24, 2.45) is 0 Å². The van der Waals surface area contributed by atoms with Gasteiger partial charge in [0.2, 0.25) is 5.91 Å². The molecule has 3 nitrogen and oxygen atoms in total. The second-order valence-electron chi connectivity index (χ2n) is 6.23. The molecule has 0 saturated heterocycles. The number of carbonyl (C=O) groups is 1. The van der Waals surface area contributed by atoms with Gasteiger partial charge in [-0.25, -0.2) is 4.39 Å². The minimum atomic E-state index is -0.254. The van der Waals surface area contributed by atoms with Crippen molar-refractivity contribution in [1.29, 1.82) is 0 Å². The topological polar surface area (TPSA) is 29.5 Å². The Morgan fingerprint density at radius 3 is 2.61 bits per heavy atom. The predicted octanol–water partition coefficient (Wildman–Crippen LogP) is 3.49. The second kappa shape index (κ2) is 5.69. The summed E-state index contributed by atoms with van der Waals surface area (Å²) in [7, 11) is 0.